The third-order valence-electron chi connectivity index (χ3n) is 3.42. The number of hydrogen-bond acceptors (Lipinski definition) is 6. The normalized spacial score (nSPS) is 11.5. The molecule has 28 heavy (non-hydrogen) atoms. The van der Waals surface area contributed by atoms with Gasteiger partial charge in [0, 0.05) is 0 Å². The van der Waals surface area contributed by atoms with Crippen molar-refractivity contribution >= 4 is 18.0 Å². The van der Waals surface area contributed by atoms with E-state index >= 15 is 0 Å². The Morgan fingerprint density at radius 2 is 1.86 bits per heavy atom. The number of benzene rings is 2. The first-order valence-electron chi connectivity index (χ1n) is 8.29. The predicted molar refractivity (Wildman–Crippen MR) is 99.3 cm³/mol. The van der Waals surface area contributed by atoms with E-state index < -0.39 is 30.3 Å². The molecule has 0 saturated heterocycles. The maximum atomic E-state index is 13.5. The maximum absolute atomic E-state index is 13.5. The number of hydrogen-bond donors (Lipinski definition) is 2. The molecule has 8 nitrogen and oxygen atoms in total. The Bertz CT molecular complexity index is 827. The van der Waals surface area contributed by atoms with Gasteiger partial charge in [-0.1, -0.05) is 17.3 Å². The first-order valence-corrected chi connectivity index (χ1v) is 8.29. The summed E-state index contributed by atoms with van der Waals surface area (Å²) in [5.41, 5.74) is 5.07. The van der Waals surface area contributed by atoms with Crippen molar-refractivity contribution in [2.45, 2.75) is 13.0 Å². The minimum Gasteiger partial charge on any atom is -0.497 e. The highest BCUT2D eigenvalue weighted by atomic mass is 19.1. The molecule has 2 amide bonds. The number of rotatable bonds is 8. The van der Waals surface area contributed by atoms with Gasteiger partial charge in [0.2, 0.25) is 0 Å². The average molecular weight is 389 g/mol. The van der Waals surface area contributed by atoms with Gasteiger partial charge < -0.3 is 14.3 Å². The molecule has 0 aliphatic carbocycles. The SMILES string of the molecule is COc1ccc(/C=N\OCC(=O)NNC(=O)[C@@H](C)Oc2ccccc2F)cc1. The molecule has 0 radical (unpaired) electrons. The topological polar surface area (TPSA) is 98.3 Å². The van der Waals surface area contributed by atoms with Crippen molar-refractivity contribution in [1.29, 1.82) is 0 Å². The Morgan fingerprint density at radius 3 is 2.54 bits per heavy atom. The fourth-order valence-corrected chi connectivity index (χ4v) is 1.94. The summed E-state index contributed by atoms with van der Waals surface area (Å²) in [5, 5.41) is 3.66. The van der Waals surface area contributed by atoms with Crippen molar-refractivity contribution in [2.75, 3.05) is 13.7 Å². The van der Waals surface area contributed by atoms with Gasteiger partial charge in [0.05, 0.1) is 13.3 Å². The molecule has 0 unspecified atom stereocenters. The number of carbonyl (C=O) groups excluding carboxylic acids is 2. The van der Waals surface area contributed by atoms with Crippen molar-refractivity contribution in [1.82, 2.24) is 10.9 Å². The molecule has 2 aromatic carbocycles. The molecule has 0 spiro atoms. The van der Waals surface area contributed by atoms with Gasteiger partial charge in [-0.15, -0.1) is 0 Å². The van der Waals surface area contributed by atoms with Crippen LogP contribution in [0.4, 0.5) is 4.39 Å². The number of hydrazine groups is 1. The number of nitrogens with one attached hydrogen (secondary N) is 2. The van der Waals surface area contributed by atoms with Crippen LogP contribution in [0, 0.1) is 5.82 Å². The molecule has 0 aliphatic rings. The van der Waals surface area contributed by atoms with Crippen LogP contribution in [0.25, 0.3) is 0 Å². The number of oxime groups is 1. The highest BCUT2D eigenvalue weighted by molar-refractivity contribution is 5.85. The second-order valence-corrected chi connectivity index (χ2v) is 5.51. The Labute approximate surface area is 161 Å². The van der Waals surface area contributed by atoms with Gasteiger partial charge in [0.25, 0.3) is 11.8 Å². The lowest BCUT2D eigenvalue weighted by atomic mass is 10.2. The predicted octanol–water partition coefficient (Wildman–Crippen LogP) is 1.80. The third kappa shape index (κ3) is 6.60. The quantitative estimate of drug-likeness (QED) is 0.530. The van der Waals surface area contributed by atoms with Gasteiger partial charge in [-0.05, 0) is 48.9 Å². The molecular weight excluding hydrogens is 369 g/mol. The van der Waals surface area contributed by atoms with E-state index in [0.717, 1.165) is 5.56 Å². The maximum Gasteiger partial charge on any atom is 0.279 e. The molecule has 0 bridgehead atoms. The fraction of sp³-hybridized carbons (Fsp3) is 0.211. The van der Waals surface area contributed by atoms with Crippen molar-refractivity contribution in [3.63, 3.8) is 0 Å². The highest BCUT2D eigenvalue weighted by Gasteiger charge is 2.17. The Morgan fingerprint density at radius 1 is 1.14 bits per heavy atom. The molecule has 2 aromatic rings. The van der Waals surface area contributed by atoms with Crippen molar-refractivity contribution in [3.05, 3.63) is 59.9 Å². The summed E-state index contributed by atoms with van der Waals surface area (Å²) in [4.78, 5) is 28.4. The molecule has 9 heteroatoms. The molecule has 2 N–H and O–H groups in total. The fourth-order valence-electron chi connectivity index (χ4n) is 1.94. The number of nitrogens with zero attached hydrogens (tertiary/aromatic N) is 1. The number of methoxy groups -OCH3 is 1. The molecule has 0 aliphatic heterocycles. The van der Waals surface area contributed by atoms with E-state index in [9.17, 15) is 14.0 Å². The summed E-state index contributed by atoms with van der Waals surface area (Å²) in [6, 6.07) is 12.7. The molecule has 1 atom stereocenters. The summed E-state index contributed by atoms with van der Waals surface area (Å²) < 4.78 is 23.7. The molecule has 148 valence electrons. The summed E-state index contributed by atoms with van der Waals surface area (Å²) in [7, 11) is 1.57. The van der Waals surface area contributed by atoms with Crippen LogP contribution in [0.15, 0.2) is 53.7 Å². The zero-order chi connectivity index (χ0) is 20.4. The van der Waals surface area contributed by atoms with Crippen LogP contribution >= 0.6 is 0 Å². The van der Waals surface area contributed by atoms with Gasteiger partial charge in [-0.2, -0.15) is 0 Å². The molecule has 2 rings (SSSR count). The molecular formula is C19H20FN3O5. The van der Waals surface area contributed by atoms with Crippen molar-refractivity contribution in [3.8, 4) is 11.5 Å². The molecule has 0 heterocycles. The lowest BCUT2D eigenvalue weighted by Gasteiger charge is -2.15. The van der Waals surface area contributed by atoms with E-state index in [0.29, 0.717) is 5.75 Å². The third-order valence-corrected chi connectivity index (χ3v) is 3.42. The molecule has 0 aromatic heterocycles. The summed E-state index contributed by atoms with van der Waals surface area (Å²) >= 11 is 0. The largest absolute Gasteiger partial charge is 0.497 e. The van der Waals surface area contributed by atoms with Crippen molar-refractivity contribution in [2.24, 2.45) is 5.16 Å². The van der Waals surface area contributed by atoms with Gasteiger partial charge >= 0.3 is 0 Å². The van der Waals surface area contributed by atoms with E-state index in [4.69, 9.17) is 14.3 Å². The van der Waals surface area contributed by atoms with Crippen LogP contribution in [0.2, 0.25) is 0 Å². The van der Waals surface area contributed by atoms with E-state index in [2.05, 4.69) is 16.0 Å². The average Bonchev–Trinajstić information content (AvgIpc) is 2.71. The minimum atomic E-state index is -1.02. The Hall–Kier alpha value is -3.62. The van der Waals surface area contributed by atoms with Gasteiger partial charge in [-0.3, -0.25) is 20.4 Å². The van der Waals surface area contributed by atoms with Crippen LogP contribution in [0.5, 0.6) is 11.5 Å². The summed E-state index contributed by atoms with van der Waals surface area (Å²) in [6.07, 6.45) is 0.404. The number of amides is 2. The number of ether oxygens (including phenoxy) is 2. The van der Waals surface area contributed by atoms with E-state index in [1.165, 1.54) is 31.3 Å². The van der Waals surface area contributed by atoms with Crippen LogP contribution in [0.1, 0.15) is 12.5 Å². The number of carbonyl (C=O) groups is 2. The van der Waals surface area contributed by atoms with E-state index in [1.54, 1.807) is 37.4 Å². The second kappa shape index (κ2) is 10.5. The van der Waals surface area contributed by atoms with Crippen LogP contribution in [0.3, 0.4) is 0 Å². The Balaban J connectivity index is 1.69. The highest BCUT2D eigenvalue weighted by Crippen LogP contribution is 2.16. The zero-order valence-electron chi connectivity index (χ0n) is 15.3. The van der Waals surface area contributed by atoms with Crippen LogP contribution in [-0.2, 0) is 14.4 Å². The van der Waals surface area contributed by atoms with Gasteiger partial charge in [0.15, 0.2) is 24.3 Å². The first kappa shape index (κ1) is 20.7. The number of halogens is 1. The standard InChI is InChI=1S/C19H20FN3O5/c1-13(28-17-6-4-3-5-16(17)20)19(25)23-22-18(24)12-27-21-11-14-7-9-15(26-2)10-8-14/h3-11,13H,12H2,1-2H3,(H,22,24)(H,23,25)/b21-11-/t13-/m1/s1. The van der Waals surface area contributed by atoms with E-state index in [1.807, 2.05) is 0 Å². The summed E-state index contributed by atoms with van der Waals surface area (Å²) in [6.45, 7) is 1.01. The zero-order valence-corrected chi connectivity index (χ0v) is 15.3. The van der Waals surface area contributed by atoms with Gasteiger partial charge in [-0.25, -0.2) is 4.39 Å². The number of para-hydroxylation sites is 1. The van der Waals surface area contributed by atoms with Gasteiger partial charge in [0.1, 0.15) is 5.75 Å². The smallest absolute Gasteiger partial charge is 0.279 e. The summed E-state index contributed by atoms with van der Waals surface area (Å²) in [5.74, 6) is -1.22. The Kier molecular flexibility index (Phi) is 7.77. The first-order chi connectivity index (χ1) is 13.5. The van der Waals surface area contributed by atoms with Crippen molar-refractivity contribution < 1.29 is 28.3 Å². The van der Waals surface area contributed by atoms with Crippen LogP contribution < -0.4 is 20.3 Å². The minimum absolute atomic E-state index is 0.0623. The lowest BCUT2D eigenvalue weighted by molar-refractivity contribution is -0.134. The van der Waals surface area contributed by atoms with Crippen LogP contribution in [-0.4, -0.2) is 37.8 Å². The second-order valence-electron chi connectivity index (χ2n) is 5.51. The molecule has 0 fully saturated rings. The van der Waals surface area contributed by atoms with E-state index in [-0.39, 0.29) is 5.75 Å². The monoisotopic (exact) mass is 389 g/mol. The molecule has 0 saturated carbocycles. The lowest BCUT2D eigenvalue weighted by Crippen LogP contribution is -2.48.